The number of rotatable bonds is 8. The van der Waals surface area contributed by atoms with Gasteiger partial charge in [-0.15, -0.1) is 0 Å². The Morgan fingerprint density at radius 2 is 2.10 bits per heavy atom. The highest BCUT2D eigenvalue weighted by atomic mass is 16.6. The Morgan fingerprint density at radius 1 is 1.40 bits per heavy atom. The number of benzene rings is 1. The highest BCUT2D eigenvalue weighted by Gasteiger charge is 2.13. The Morgan fingerprint density at radius 3 is 2.75 bits per heavy atom. The van der Waals surface area contributed by atoms with Crippen LogP contribution in [-0.2, 0) is 11.3 Å². The van der Waals surface area contributed by atoms with Crippen LogP contribution >= 0.6 is 0 Å². The molecule has 1 atom stereocenters. The van der Waals surface area contributed by atoms with Crippen LogP contribution in [0.5, 0.6) is 0 Å². The predicted octanol–water partition coefficient (Wildman–Crippen LogP) is 1.98. The fourth-order valence-corrected chi connectivity index (χ4v) is 1.93. The van der Waals surface area contributed by atoms with Crippen LogP contribution in [0.25, 0.3) is 0 Å². The maximum atomic E-state index is 11.7. The summed E-state index contributed by atoms with van der Waals surface area (Å²) in [6.45, 7) is 2.86. The van der Waals surface area contributed by atoms with Gasteiger partial charge >= 0.3 is 0 Å². The quantitative estimate of drug-likeness (QED) is 0.561. The van der Waals surface area contributed by atoms with Gasteiger partial charge < -0.3 is 11.1 Å². The molecule has 0 aliphatic rings. The second kappa shape index (κ2) is 8.27. The Bertz CT molecular complexity index is 463. The van der Waals surface area contributed by atoms with Crippen molar-refractivity contribution in [3.63, 3.8) is 0 Å². The molecule has 20 heavy (non-hydrogen) atoms. The second-order valence-electron chi connectivity index (χ2n) is 4.88. The summed E-state index contributed by atoms with van der Waals surface area (Å²) in [6.07, 6.45) is 2.10. The minimum Gasteiger partial charge on any atom is -0.352 e. The molecule has 0 aliphatic heterocycles. The van der Waals surface area contributed by atoms with E-state index in [-0.39, 0.29) is 18.1 Å². The molecule has 0 radical (unpaired) electrons. The van der Waals surface area contributed by atoms with Gasteiger partial charge in [-0.3, -0.25) is 14.9 Å². The third-order valence-electron chi connectivity index (χ3n) is 3.19. The van der Waals surface area contributed by atoms with Crippen LogP contribution in [0.2, 0.25) is 0 Å². The molecule has 6 nitrogen and oxygen atoms in total. The average Bonchev–Trinajstić information content (AvgIpc) is 2.43. The monoisotopic (exact) mass is 279 g/mol. The molecule has 0 saturated heterocycles. The lowest BCUT2D eigenvalue weighted by atomic mass is 10.0. The number of nitrogens with two attached hydrogens (primary N) is 1. The molecule has 1 unspecified atom stereocenters. The van der Waals surface area contributed by atoms with Crippen molar-refractivity contribution in [2.75, 3.05) is 6.54 Å². The maximum absolute atomic E-state index is 11.7. The number of nitrogens with zero attached hydrogens (tertiary/aromatic N) is 1. The van der Waals surface area contributed by atoms with Crippen LogP contribution in [0.15, 0.2) is 24.3 Å². The van der Waals surface area contributed by atoms with Gasteiger partial charge in [0.25, 0.3) is 5.69 Å². The Labute approximate surface area is 118 Å². The number of carbonyl (C=O) groups is 1. The topological polar surface area (TPSA) is 98.3 Å². The van der Waals surface area contributed by atoms with Gasteiger partial charge in [-0.2, -0.15) is 0 Å². The minimum atomic E-state index is -0.440. The van der Waals surface area contributed by atoms with Gasteiger partial charge in [0.2, 0.25) is 5.91 Å². The maximum Gasteiger partial charge on any atom is 0.274 e. The van der Waals surface area contributed by atoms with Crippen molar-refractivity contribution in [3.8, 4) is 0 Å². The van der Waals surface area contributed by atoms with Crippen molar-refractivity contribution in [2.24, 2.45) is 11.7 Å². The van der Waals surface area contributed by atoms with E-state index in [2.05, 4.69) is 12.2 Å². The molecule has 6 heteroatoms. The van der Waals surface area contributed by atoms with Gasteiger partial charge in [-0.25, -0.2) is 0 Å². The van der Waals surface area contributed by atoms with Crippen LogP contribution in [0.1, 0.15) is 31.7 Å². The van der Waals surface area contributed by atoms with Crippen molar-refractivity contribution in [1.29, 1.82) is 0 Å². The van der Waals surface area contributed by atoms with Crippen LogP contribution < -0.4 is 11.1 Å². The molecule has 1 aromatic carbocycles. The molecular weight excluding hydrogens is 258 g/mol. The minimum absolute atomic E-state index is 0.0318. The molecule has 1 aromatic rings. The first-order valence-corrected chi connectivity index (χ1v) is 6.73. The summed E-state index contributed by atoms with van der Waals surface area (Å²) in [7, 11) is 0. The zero-order valence-corrected chi connectivity index (χ0v) is 11.7. The summed E-state index contributed by atoms with van der Waals surface area (Å²) >= 11 is 0. The molecule has 1 amide bonds. The SMILES string of the molecule is CC(CCN)CCC(=O)NCc1ccccc1[N+](=O)[O-]. The van der Waals surface area contributed by atoms with E-state index in [4.69, 9.17) is 5.73 Å². The van der Waals surface area contributed by atoms with Gasteiger partial charge in [0, 0.05) is 24.6 Å². The van der Waals surface area contributed by atoms with Gasteiger partial charge in [0.05, 0.1) is 4.92 Å². The van der Waals surface area contributed by atoms with Crippen molar-refractivity contribution in [2.45, 2.75) is 32.7 Å². The fourth-order valence-electron chi connectivity index (χ4n) is 1.93. The predicted molar refractivity (Wildman–Crippen MR) is 77.0 cm³/mol. The number of nitrogens with one attached hydrogen (secondary N) is 1. The summed E-state index contributed by atoms with van der Waals surface area (Å²) in [4.78, 5) is 22.1. The molecule has 0 fully saturated rings. The van der Waals surface area contributed by atoms with Crippen molar-refractivity contribution >= 4 is 11.6 Å². The standard InChI is InChI=1S/C14H21N3O3/c1-11(8-9-15)6-7-14(18)16-10-12-4-2-3-5-13(12)17(19)20/h2-5,11H,6-10,15H2,1H3,(H,16,18). The van der Waals surface area contributed by atoms with Gasteiger partial charge in [0.15, 0.2) is 0 Å². The van der Waals surface area contributed by atoms with E-state index >= 15 is 0 Å². The molecular formula is C14H21N3O3. The molecule has 0 bridgehead atoms. The molecule has 3 N–H and O–H groups in total. The van der Waals surface area contributed by atoms with Crippen LogP contribution in [0.4, 0.5) is 5.69 Å². The summed E-state index contributed by atoms with van der Waals surface area (Å²) in [5.74, 6) is 0.323. The van der Waals surface area contributed by atoms with E-state index in [9.17, 15) is 14.9 Å². The lowest BCUT2D eigenvalue weighted by Crippen LogP contribution is -2.23. The lowest BCUT2D eigenvalue weighted by molar-refractivity contribution is -0.385. The number of nitro benzene ring substituents is 1. The van der Waals surface area contributed by atoms with Crippen LogP contribution in [0, 0.1) is 16.0 Å². The molecule has 0 aromatic heterocycles. The van der Waals surface area contributed by atoms with E-state index in [0.717, 1.165) is 12.8 Å². The highest BCUT2D eigenvalue weighted by Crippen LogP contribution is 2.17. The van der Waals surface area contributed by atoms with E-state index in [1.807, 2.05) is 0 Å². The third-order valence-corrected chi connectivity index (χ3v) is 3.19. The van der Waals surface area contributed by atoms with E-state index in [1.54, 1.807) is 18.2 Å². The van der Waals surface area contributed by atoms with Gasteiger partial charge in [-0.05, 0) is 25.3 Å². The van der Waals surface area contributed by atoms with E-state index < -0.39 is 4.92 Å². The lowest BCUT2D eigenvalue weighted by Gasteiger charge is -2.10. The molecule has 1 rings (SSSR count). The average molecular weight is 279 g/mol. The number of hydrogen-bond acceptors (Lipinski definition) is 4. The molecule has 0 aliphatic carbocycles. The summed E-state index contributed by atoms with van der Waals surface area (Å²) in [6, 6.07) is 6.41. The second-order valence-corrected chi connectivity index (χ2v) is 4.88. The van der Waals surface area contributed by atoms with Crippen LogP contribution in [-0.4, -0.2) is 17.4 Å². The first-order chi connectivity index (χ1) is 9.54. The first-order valence-electron chi connectivity index (χ1n) is 6.73. The molecule has 0 heterocycles. The number of nitro groups is 1. The van der Waals surface area contributed by atoms with Crippen LogP contribution in [0.3, 0.4) is 0 Å². The zero-order valence-electron chi connectivity index (χ0n) is 11.7. The zero-order chi connectivity index (χ0) is 15.0. The molecule has 110 valence electrons. The number of hydrogen-bond donors (Lipinski definition) is 2. The Kier molecular flexibility index (Phi) is 6.66. The molecule has 0 spiro atoms. The highest BCUT2D eigenvalue weighted by molar-refractivity contribution is 5.75. The first kappa shape index (κ1) is 16.1. The molecule has 0 saturated carbocycles. The van der Waals surface area contributed by atoms with E-state index in [0.29, 0.717) is 24.4 Å². The van der Waals surface area contributed by atoms with E-state index in [1.165, 1.54) is 6.07 Å². The Balaban J connectivity index is 2.43. The fraction of sp³-hybridized carbons (Fsp3) is 0.500. The third kappa shape index (κ3) is 5.36. The normalized spacial score (nSPS) is 11.9. The van der Waals surface area contributed by atoms with Crippen molar-refractivity contribution in [1.82, 2.24) is 5.32 Å². The number of carbonyl (C=O) groups excluding carboxylic acids is 1. The Hall–Kier alpha value is -1.95. The summed E-state index contributed by atoms with van der Waals surface area (Å²) < 4.78 is 0. The van der Waals surface area contributed by atoms with Crippen molar-refractivity contribution in [3.05, 3.63) is 39.9 Å². The van der Waals surface area contributed by atoms with Gasteiger partial charge in [-0.1, -0.05) is 25.1 Å². The number of para-hydroxylation sites is 1. The van der Waals surface area contributed by atoms with Crippen molar-refractivity contribution < 1.29 is 9.72 Å². The summed E-state index contributed by atoms with van der Waals surface area (Å²) in [5.41, 5.74) is 6.00. The smallest absolute Gasteiger partial charge is 0.274 e. The number of amides is 1. The largest absolute Gasteiger partial charge is 0.352 e. The summed E-state index contributed by atoms with van der Waals surface area (Å²) in [5, 5.41) is 13.6. The van der Waals surface area contributed by atoms with Gasteiger partial charge in [0.1, 0.15) is 0 Å².